The lowest BCUT2D eigenvalue weighted by molar-refractivity contribution is -0.00673. The van der Waals surface area contributed by atoms with Crippen molar-refractivity contribution in [2.75, 3.05) is 38.6 Å². The number of piperidine rings is 1. The Hall–Kier alpha value is -0.170. The SMILES string of the molecule is CC(C)(C)S(=O)(=O)CCN1CCC(OCCO)CC1. The zero-order valence-corrected chi connectivity index (χ0v) is 13.1. The van der Waals surface area contributed by atoms with E-state index < -0.39 is 14.6 Å². The average molecular weight is 293 g/mol. The van der Waals surface area contributed by atoms with Crippen LogP contribution >= 0.6 is 0 Å². The Kier molecular flexibility index (Phi) is 6.23. The summed E-state index contributed by atoms with van der Waals surface area (Å²) >= 11 is 0. The number of rotatable bonds is 6. The van der Waals surface area contributed by atoms with Gasteiger partial charge in [0.25, 0.3) is 0 Å². The first-order chi connectivity index (χ1) is 8.76. The molecule has 114 valence electrons. The maximum Gasteiger partial charge on any atom is 0.156 e. The second-order valence-electron chi connectivity index (χ2n) is 6.07. The molecule has 0 aliphatic carbocycles. The van der Waals surface area contributed by atoms with Gasteiger partial charge in [-0.15, -0.1) is 0 Å². The van der Waals surface area contributed by atoms with Crippen molar-refractivity contribution in [3.63, 3.8) is 0 Å². The number of likely N-dealkylation sites (tertiary alicyclic amines) is 1. The molecule has 0 aromatic carbocycles. The number of aliphatic hydroxyl groups is 1. The van der Waals surface area contributed by atoms with E-state index in [0.29, 0.717) is 13.2 Å². The van der Waals surface area contributed by atoms with Crippen LogP contribution in [0.3, 0.4) is 0 Å². The topological polar surface area (TPSA) is 66.8 Å². The summed E-state index contributed by atoms with van der Waals surface area (Å²) in [6, 6.07) is 0. The highest BCUT2D eigenvalue weighted by Crippen LogP contribution is 2.18. The van der Waals surface area contributed by atoms with Crippen LogP contribution in [0, 0.1) is 0 Å². The summed E-state index contributed by atoms with van der Waals surface area (Å²) in [4.78, 5) is 2.18. The van der Waals surface area contributed by atoms with Gasteiger partial charge in [-0.2, -0.15) is 0 Å². The molecule has 0 amide bonds. The minimum Gasteiger partial charge on any atom is -0.394 e. The van der Waals surface area contributed by atoms with E-state index in [2.05, 4.69) is 4.90 Å². The summed E-state index contributed by atoms with van der Waals surface area (Å²) in [5.41, 5.74) is 0. The van der Waals surface area contributed by atoms with Gasteiger partial charge >= 0.3 is 0 Å². The van der Waals surface area contributed by atoms with Crippen LogP contribution in [0.5, 0.6) is 0 Å². The standard InChI is InChI=1S/C13H27NO4S/c1-13(2,3)19(16,17)11-8-14-6-4-12(5-7-14)18-10-9-15/h12,15H,4-11H2,1-3H3. The van der Waals surface area contributed by atoms with Crippen LogP contribution in [-0.2, 0) is 14.6 Å². The Bertz CT molecular complexity index is 353. The monoisotopic (exact) mass is 293 g/mol. The Balaban J connectivity index is 2.31. The van der Waals surface area contributed by atoms with E-state index in [1.54, 1.807) is 20.8 Å². The molecule has 0 bridgehead atoms. The Morgan fingerprint density at radius 3 is 2.32 bits per heavy atom. The van der Waals surface area contributed by atoms with E-state index in [-0.39, 0.29) is 18.5 Å². The van der Waals surface area contributed by atoms with Gasteiger partial charge in [-0.25, -0.2) is 8.42 Å². The molecule has 19 heavy (non-hydrogen) atoms. The van der Waals surface area contributed by atoms with Gasteiger partial charge in [-0.3, -0.25) is 0 Å². The first kappa shape index (κ1) is 16.9. The molecule has 5 nitrogen and oxygen atoms in total. The molecule has 6 heteroatoms. The molecule has 0 aromatic rings. The van der Waals surface area contributed by atoms with Gasteiger partial charge in [0.15, 0.2) is 9.84 Å². The number of hydrogen-bond acceptors (Lipinski definition) is 5. The summed E-state index contributed by atoms with van der Waals surface area (Å²) < 4.78 is 28.9. The molecule has 1 rings (SSSR count). The van der Waals surface area contributed by atoms with Crippen LogP contribution in [0.1, 0.15) is 33.6 Å². The van der Waals surface area contributed by atoms with Crippen molar-refractivity contribution >= 4 is 9.84 Å². The van der Waals surface area contributed by atoms with Crippen LogP contribution in [0.25, 0.3) is 0 Å². The van der Waals surface area contributed by atoms with Crippen LogP contribution in [-0.4, -0.2) is 67.9 Å². The van der Waals surface area contributed by atoms with Gasteiger partial charge in [-0.05, 0) is 33.6 Å². The number of sulfone groups is 1. The van der Waals surface area contributed by atoms with E-state index in [1.165, 1.54) is 0 Å². The number of aliphatic hydroxyl groups excluding tert-OH is 1. The van der Waals surface area contributed by atoms with E-state index in [4.69, 9.17) is 9.84 Å². The highest BCUT2D eigenvalue weighted by atomic mass is 32.2. The van der Waals surface area contributed by atoms with Crippen LogP contribution in [0.2, 0.25) is 0 Å². The first-order valence-corrected chi connectivity index (χ1v) is 8.58. The summed E-state index contributed by atoms with van der Waals surface area (Å²) in [5, 5.41) is 8.70. The maximum atomic E-state index is 12.0. The third-order valence-corrected chi connectivity index (χ3v) is 6.17. The molecule has 0 radical (unpaired) electrons. The number of hydrogen-bond donors (Lipinski definition) is 1. The van der Waals surface area contributed by atoms with Gasteiger partial charge in [0.2, 0.25) is 0 Å². The average Bonchev–Trinajstić information content (AvgIpc) is 2.34. The molecule has 1 aliphatic heterocycles. The van der Waals surface area contributed by atoms with Crippen LogP contribution < -0.4 is 0 Å². The van der Waals surface area contributed by atoms with E-state index in [1.807, 2.05) is 0 Å². The Labute approximate surface area is 116 Å². The minimum atomic E-state index is -3.03. The fourth-order valence-corrected chi connectivity index (χ4v) is 3.19. The molecular formula is C13H27NO4S. The summed E-state index contributed by atoms with van der Waals surface area (Å²) in [6.07, 6.45) is 2.04. The lowest BCUT2D eigenvalue weighted by Crippen LogP contribution is -2.41. The summed E-state index contributed by atoms with van der Waals surface area (Å²) in [6.45, 7) is 8.04. The number of ether oxygens (including phenoxy) is 1. The largest absolute Gasteiger partial charge is 0.394 e. The molecule has 1 fully saturated rings. The first-order valence-electron chi connectivity index (χ1n) is 6.93. The van der Waals surface area contributed by atoms with Crippen molar-refractivity contribution in [3.8, 4) is 0 Å². The van der Waals surface area contributed by atoms with Crippen molar-refractivity contribution in [2.45, 2.75) is 44.5 Å². The third kappa shape index (κ3) is 5.38. The normalized spacial score (nSPS) is 19.8. The second-order valence-corrected chi connectivity index (χ2v) is 8.93. The molecule has 1 saturated heterocycles. The van der Waals surface area contributed by atoms with Crippen molar-refractivity contribution in [1.29, 1.82) is 0 Å². The molecule has 0 atom stereocenters. The van der Waals surface area contributed by atoms with Gasteiger partial charge in [0.05, 0.1) is 29.8 Å². The second kappa shape index (κ2) is 7.02. The van der Waals surface area contributed by atoms with E-state index >= 15 is 0 Å². The smallest absolute Gasteiger partial charge is 0.156 e. The third-order valence-electron chi connectivity index (χ3n) is 3.59. The Morgan fingerprint density at radius 2 is 1.84 bits per heavy atom. The van der Waals surface area contributed by atoms with Crippen LogP contribution in [0.15, 0.2) is 0 Å². The molecule has 1 heterocycles. The Morgan fingerprint density at radius 1 is 1.26 bits per heavy atom. The zero-order chi connectivity index (χ0) is 14.5. The maximum absolute atomic E-state index is 12.0. The quantitative estimate of drug-likeness (QED) is 0.780. The lowest BCUT2D eigenvalue weighted by Gasteiger charge is -2.32. The highest BCUT2D eigenvalue weighted by Gasteiger charge is 2.29. The predicted octanol–water partition coefficient (Wildman–Crippen LogP) is 0.673. The van der Waals surface area contributed by atoms with E-state index in [9.17, 15) is 8.42 Å². The lowest BCUT2D eigenvalue weighted by atomic mass is 10.1. The van der Waals surface area contributed by atoms with Gasteiger partial charge in [0.1, 0.15) is 0 Å². The van der Waals surface area contributed by atoms with Gasteiger partial charge in [0, 0.05) is 19.6 Å². The van der Waals surface area contributed by atoms with Crippen molar-refractivity contribution in [3.05, 3.63) is 0 Å². The van der Waals surface area contributed by atoms with Gasteiger partial charge < -0.3 is 14.7 Å². The summed E-state index contributed by atoms with van der Waals surface area (Å²) in [5.74, 6) is 0.221. The van der Waals surface area contributed by atoms with Crippen molar-refractivity contribution < 1.29 is 18.3 Å². The fourth-order valence-electron chi connectivity index (χ4n) is 2.07. The fraction of sp³-hybridized carbons (Fsp3) is 1.00. The molecule has 0 spiro atoms. The molecule has 1 N–H and O–H groups in total. The van der Waals surface area contributed by atoms with Crippen molar-refractivity contribution in [1.82, 2.24) is 4.90 Å². The molecule has 0 aromatic heterocycles. The van der Waals surface area contributed by atoms with Gasteiger partial charge in [-0.1, -0.05) is 0 Å². The zero-order valence-electron chi connectivity index (χ0n) is 12.3. The van der Waals surface area contributed by atoms with Crippen LogP contribution in [0.4, 0.5) is 0 Å². The van der Waals surface area contributed by atoms with E-state index in [0.717, 1.165) is 25.9 Å². The minimum absolute atomic E-state index is 0.0596. The van der Waals surface area contributed by atoms with Crippen molar-refractivity contribution in [2.24, 2.45) is 0 Å². The summed E-state index contributed by atoms with van der Waals surface area (Å²) in [7, 11) is -3.03. The molecule has 0 unspecified atom stereocenters. The molecule has 1 aliphatic rings. The highest BCUT2D eigenvalue weighted by molar-refractivity contribution is 7.92. The molecular weight excluding hydrogens is 266 g/mol. The number of nitrogens with zero attached hydrogens (tertiary/aromatic N) is 1. The predicted molar refractivity (Wildman–Crippen MR) is 76.0 cm³/mol. The molecule has 0 saturated carbocycles.